The van der Waals surface area contributed by atoms with Crippen LogP contribution in [-0.4, -0.2) is 14.8 Å². The molecule has 2 N–H and O–H groups in total. The van der Waals surface area contributed by atoms with Gasteiger partial charge in [0.1, 0.15) is 5.52 Å². The quantitative estimate of drug-likeness (QED) is 0.647. The predicted octanol–water partition coefficient (Wildman–Crippen LogP) is 2.12. The molecule has 0 aliphatic carbocycles. The van der Waals surface area contributed by atoms with Crippen molar-refractivity contribution in [3.63, 3.8) is 0 Å². The lowest BCUT2D eigenvalue weighted by molar-refractivity contribution is 0.619. The Morgan fingerprint density at radius 1 is 1.35 bits per heavy atom. The zero-order chi connectivity index (χ0) is 12.0. The van der Waals surface area contributed by atoms with Gasteiger partial charge in [0.05, 0.1) is 11.8 Å². The summed E-state index contributed by atoms with van der Waals surface area (Å²) < 4.78 is 7.47. The maximum atomic E-state index is 5.70. The highest BCUT2D eigenvalue weighted by Gasteiger charge is 2.13. The second-order valence-electron chi connectivity index (χ2n) is 4.01. The number of hydrogen-bond donors (Lipinski definition) is 1. The van der Waals surface area contributed by atoms with Crippen molar-refractivity contribution in [1.29, 1.82) is 0 Å². The highest BCUT2D eigenvalue weighted by atomic mass is 16.3. The van der Waals surface area contributed by atoms with E-state index in [4.69, 9.17) is 10.2 Å². The Labute approximate surface area is 97.9 Å². The number of nitrogen functional groups attached to an aromatic ring is 1. The fourth-order valence-corrected chi connectivity index (χ4v) is 1.77. The summed E-state index contributed by atoms with van der Waals surface area (Å²) in [4.78, 5) is 4.42. The molecule has 0 unspecified atom stereocenters. The Morgan fingerprint density at radius 3 is 2.88 bits per heavy atom. The van der Waals surface area contributed by atoms with Gasteiger partial charge >= 0.3 is 0 Å². The molecule has 3 rings (SSSR count). The monoisotopic (exact) mass is 228 g/mol. The molecule has 5 nitrogen and oxygen atoms in total. The zero-order valence-electron chi connectivity index (χ0n) is 9.64. The number of anilines is 1. The van der Waals surface area contributed by atoms with E-state index in [1.165, 1.54) is 0 Å². The number of hydrogen-bond acceptors (Lipinski definition) is 4. The Hall–Kier alpha value is -2.30. The van der Waals surface area contributed by atoms with Crippen LogP contribution in [0, 0.1) is 6.92 Å². The molecule has 0 aliphatic rings. The summed E-state index contributed by atoms with van der Waals surface area (Å²) in [6.45, 7) is 1.98. The summed E-state index contributed by atoms with van der Waals surface area (Å²) in [5, 5.41) is 4.17. The topological polar surface area (TPSA) is 69.9 Å². The molecule has 17 heavy (non-hydrogen) atoms. The number of aromatic nitrogens is 3. The first-order valence-corrected chi connectivity index (χ1v) is 5.30. The third kappa shape index (κ3) is 1.47. The van der Waals surface area contributed by atoms with E-state index in [1.807, 2.05) is 26.1 Å². The highest BCUT2D eigenvalue weighted by molar-refractivity contribution is 5.79. The lowest BCUT2D eigenvalue weighted by Crippen LogP contribution is -1.92. The molecule has 2 heterocycles. The third-order valence-corrected chi connectivity index (χ3v) is 2.88. The molecule has 0 radical (unpaired) electrons. The van der Waals surface area contributed by atoms with Crippen LogP contribution in [0.3, 0.4) is 0 Å². The summed E-state index contributed by atoms with van der Waals surface area (Å²) in [6, 6.07) is 5.44. The number of nitrogens with zero attached hydrogens (tertiary/aromatic N) is 3. The molecule has 0 fully saturated rings. The molecule has 0 spiro atoms. The van der Waals surface area contributed by atoms with E-state index in [0.29, 0.717) is 17.2 Å². The molecule has 0 atom stereocenters. The molecule has 0 saturated heterocycles. The zero-order valence-corrected chi connectivity index (χ0v) is 9.64. The molecular formula is C12H12N4O. The van der Waals surface area contributed by atoms with Gasteiger partial charge in [-0.1, -0.05) is 0 Å². The molecule has 86 valence electrons. The van der Waals surface area contributed by atoms with E-state index in [-0.39, 0.29) is 0 Å². The van der Waals surface area contributed by atoms with Crippen LogP contribution < -0.4 is 5.73 Å². The van der Waals surface area contributed by atoms with Crippen LogP contribution in [0.15, 0.2) is 28.8 Å². The van der Waals surface area contributed by atoms with Crippen molar-refractivity contribution in [2.24, 2.45) is 7.05 Å². The van der Waals surface area contributed by atoms with Crippen LogP contribution in [-0.2, 0) is 7.05 Å². The second kappa shape index (κ2) is 3.35. The van der Waals surface area contributed by atoms with Crippen molar-refractivity contribution in [1.82, 2.24) is 14.8 Å². The van der Waals surface area contributed by atoms with Gasteiger partial charge in [-0.25, -0.2) is 4.98 Å². The molecule has 2 aromatic heterocycles. The normalized spacial score (nSPS) is 11.2. The molecule has 0 amide bonds. The smallest absolute Gasteiger partial charge is 0.230 e. The van der Waals surface area contributed by atoms with E-state index >= 15 is 0 Å². The molecule has 3 aromatic rings. The minimum absolute atomic E-state index is 0.580. The summed E-state index contributed by atoms with van der Waals surface area (Å²) in [5.41, 5.74) is 9.79. The van der Waals surface area contributed by atoms with Crippen molar-refractivity contribution >= 4 is 16.8 Å². The number of benzene rings is 1. The van der Waals surface area contributed by atoms with E-state index in [1.54, 1.807) is 16.9 Å². The first-order chi connectivity index (χ1) is 8.15. The fourth-order valence-electron chi connectivity index (χ4n) is 1.77. The minimum atomic E-state index is 0.580. The lowest BCUT2D eigenvalue weighted by atomic mass is 10.2. The molecule has 0 saturated carbocycles. The average molecular weight is 228 g/mol. The number of oxazole rings is 1. The van der Waals surface area contributed by atoms with E-state index in [9.17, 15) is 0 Å². The van der Waals surface area contributed by atoms with Crippen LogP contribution in [0.2, 0.25) is 0 Å². The van der Waals surface area contributed by atoms with Crippen LogP contribution in [0.25, 0.3) is 22.6 Å². The third-order valence-electron chi connectivity index (χ3n) is 2.88. The number of rotatable bonds is 1. The number of fused-ring (bicyclic) bond motifs is 1. The van der Waals surface area contributed by atoms with Gasteiger partial charge in [-0.15, -0.1) is 0 Å². The SMILES string of the molecule is Cc1c(-c2nc3ccc(N)cc3o2)cnn1C. The average Bonchev–Trinajstić information content (AvgIpc) is 2.83. The van der Waals surface area contributed by atoms with Gasteiger partial charge in [0.25, 0.3) is 0 Å². The molecule has 0 bridgehead atoms. The minimum Gasteiger partial charge on any atom is -0.436 e. The Kier molecular flexibility index (Phi) is 1.95. The summed E-state index contributed by atoms with van der Waals surface area (Å²) >= 11 is 0. The Morgan fingerprint density at radius 2 is 2.18 bits per heavy atom. The number of nitrogens with two attached hydrogens (primary N) is 1. The van der Waals surface area contributed by atoms with Crippen LogP contribution in [0.1, 0.15) is 5.69 Å². The largest absolute Gasteiger partial charge is 0.436 e. The van der Waals surface area contributed by atoms with Crippen molar-refractivity contribution in [3.05, 3.63) is 30.1 Å². The van der Waals surface area contributed by atoms with Crippen LogP contribution in [0.5, 0.6) is 0 Å². The van der Waals surface area contributed by atoms with Gasteiger partial charge in [0.2, 0.25) is 5.89 Å². The van der Waals surface area contributed by atoms with Gasteiger partial charge in [-0.05, 0) is 19.1 Å². The van der Waals surface area contributed by atoms with Crippen molar-refractivity contribution < 1.29 is 4.42 Å². The molecule has 0 aliphatic heterocycles. The van der Waals surface area contributed by atoms with Crippen molar-refractivity contribution in [2.75, 3.05) is 5.73 Å². The van der Waals surface area contributed by atoms with E-state index in [0.717, 1.165) is 16.8 Å². The molecular weight excluding hydrogens is 216 g/mol. The first kappa shape index (κ1) is 9.89. The summed E-state index contributed by atoms with van der Waals surface area (Å²) in [6.07, 6.45) is 1.75. The van der Waals surface area contributed by atoms with Crippen molar-refractivity contribution in [2.45, 2.75) is 6.92 Å². The van der Waals surface area contributed by atoms with Crippen LogP contribution in [0.4, 0.5) is 5.69 Å². The van der Waals surface area contributed by atoms with Crippen molar-refractivity contribution in [3.8, 4) is 11.5 Å². The van der Waals surface area contributed by atoms with Gasteiger partial charge < -0.3 is 10.2 Å². The van der Waals surface area contributed by atoms with Gasteiger partial charge in [0, 0.05) is 24.5 Å². The standard InChI is InChI=1S/C12H12N4O/c1-7-9(6-14-16(7)2)12-15-10-4-3-8(13)5-11(10)17-12/h3-6H,13H2,1-2H3. The molecule has 5 heteroatoms. The summed E-state index contributed by atoms with van der Waals surface area (Å²) in [5.74, 6) is 0.580. The second-order valence-corrected chi connectivity index (χ2v) is 4.01. The van der Waals surface area contributed by atoms with Crippen LogP contribution >= 0.6 is 0 Å². The van der Waals surface area contributed by atoms with Gasteiger partial charge in [-0.3, -0.25) is 4.68 Å². The Bertz CT molecular complexity index is 696. The summed E-state index contributed by atoms with van der Waals surface area (Å²) in [7, 11) is 1.89. The Balaban J connectivity index is 2.21. The van der Waals surface area contributed by atoms with E-state index in [2.05, 4.69) is 10.1 Å². The van der Waals surface area contributed by atoms with Gasteiger partial charge in [-0.2, -0.15) is 5.10 Å². The maximum Gasteiger partial charge on any atom is 0.230 e. The van der Waals surface area contributed by atoms with Gasteiger partial charge in [0.15, 0.2) is 5.58 Å². The number of aryl methyl sites for hydroxylation is 1. The molecule has 1 aromatic carbocycles. The first-order valence-electron chi connectivity index (χ1n) is 5.30. The maximum absolute atomic E-state index is 5.70. The predicted molar refractivity (Wildman–Crippen MR) is 65.4 cm³/mol. The highest BCUT2D eigenvalue weighted by Crippen LogP contribution is 2.27. The van der Waals surface area contributed by atoms with E-state index < -0.39 is 0 Å². The fraction of sp³-hybridized carbons (Fsp3) is 0.167. The lowest BCUT2D eigenvalue weighted by Gasteiger charge is -1.94.